The molecule has 12 heteroatoms. The van der Waals surface area contributed by atoms with E-state index in [1.165, 1.54) is 13.2 Å². The highest BCUT2D eigenvalue weighted by molar-refractivity contribution is 5.99. The molecule has 2 aromatic carbocycles. The smallest absolute Gasteiger partial charge is 0.419 e. The first-order valence-corrected chi connectivity index (χ1v) is 14.0. The van der Waals surface area contributed by atoms with Crippen molar-refractivity contribution < 1.29 is 45.8 Å². The van der Waals surface area contributed by atoms with Crippen molar-refractivity contribution in [3.05, 3.63) is 53.1 Å². The Morgan fingerprint density at radius 2 is 1.64 bits per heavy atom. The lowest BCUT2D eigenvalue weighted by Gasteiger charge is -2.31. The van der Waals surface area contributed by atoms with Crippen LogP contribution in [0.15, 0.2) is 30.3 Å². The van der Waals surface area contributed by atoms with Crippen LogP contribution in [0, 0.1) is 35.3 Å². The van der Waals surface area contributed by atoms with E-state index in [0.29, 0.717) is 44.2 Å². The number of rotatable bonds is 8. The molecule has 3 aliphatic carbocycles. The summed E-state index contributed by atoms with van der Waals surface area (Å²) < 4.78 is 79.2. The van der Waals surface area contributed by atoms with Crippen LogP contribution in [0.4, 0.5) is 27.6 Å². The van der Waals surface area contributed by atoms with Crippen LogP contribution in [0.3, 0.4) is 0 Å². The Balaban J connectivity index is 1.33. The van der Waals surface area contributed by atoms with Crippen molar-refractivity contribution in [3.63, 3.8) is 0 Å². The highest BCUT2D eigenvalue weighted by Gasteiger charge is 2.51. The molecule has 3 unspecified atom stereocenters. The summed E-state index contributed by atoms with van der Waals surface area (Å²) in [7, 11) is 1.29. The monoisotopic (exact) mass is 594 g/mol. The molecule has 0 heterocycles. The van der Waals surface area contributed by atoms with Gasteiger partial charge < -0.3 is 24.9 Å². The maximum Gasteiger partial charge on any atom is 0.419 e. The van der Waals surface area contributed by atoms with Crippen LogP contribution in [0.5, 0.6) is 11.5 Å². The molecule has 2 aromatic rings. The number of amides is 2. The summed E-state index contributed by atoms with van der Waals surface area (Å²) in [4.78, 5) is 37.9. The maximum absolute atomic E-state index is 14.9. The molecular formula is C30H31F5N2O5. The van der Waals surface area contributed by atoms with Crippen molar-refractivity contribution in [2.75, 3.05) is 12.4 Å². The molecule has 0 saturated heterocycles. The maximum atomic E-state index is 14.9. The number of anilines is 1. The number of hydrogen-bond donors (Lipinski definition) is 2. The fourth-order valence-electron chi connectivity index (χ4n) is 6.65. The van der Waals surface area contributed by atoms with Crippen LogP contribution >= 0.6 is 0 Å². The first kappa shape index (κ1) is 29.8. The number of aldehydes is 1. The van der Waals surface area contributed by atoms with Crippen LogP contribution in [-0.2, 0) is 15.8 Å². The van der Waals surface area contributed by atoms with Gasteiger partial charge in [-0.3, -0.25) is 9.59 Å². The Bertz CT molecular complexity index is 1360. The number of hydrogen-bond acceptors (Lipinski definition) is 5. The molecule has 3 aliphatic rings. The standard InChI is InChI=1S/C30H31F5N2O5/c1-41-24-13-23(32)25(42-19-7-2-15(14-38)3-8-19)12-20(24)28(39)37-27-17-5-4-16(10-17)26(27)29(40)36-18-6-9-22(31)21(11-18)30(33,34)35/h6,9,11-17,19,26-27H,2-5,7-8,10H2,1H3,(H,36,40)(H,37,39)/t15?,16-,17?,19?,26?,27?/m0/s1. The van der Waals surface area contributed by atoms with Crippen molar-refractivity contribution in [3.8, 4) is 11.5 Å². The molecule has 2 amide bonds. The van der Waals surface area contributed by atoms with E-state index >= 15 is 0 Å². The van der Waals surface area contributed by atoms with Crippen molar-refractivity contribution in [2.24, 2.45) is 23.7 Å². The van der Waals surface area contributed by atoms with Crippen molar-refractivity contribution in [1.82, 2.24) is 5.32 Å². The Kier molecular flexibility index (Phi) is 8.43. The van der Waals surface area contributed by atoms with E-state index in [1.54, 1.807) is 0 Å². The third-order valence-corrected chi connectivity index (χ3v) is 8.76. The molecule has 2 N–H and O–H groups in total. The molecule has 2 bridgehead atoms. The zero-order valence-corrected chi connectivity index (χ0v) is 22.8. The molecule has 3 fully saturated rings. The van der Waals surface area contributed by atoms with Gasteiger partial charge in [0.25, 0.3) is 5.91 Å². The van der Waals surface area contributed by atoms with Gasteiger partial charge in [0.05, 0.1) is 30.3 Å². The summed E-state index contributed by atoms with van der Waals surface area (Å²) in [5.74, 6) is -4.43. The van der Waals surface area contributed by atoms with Gasteiger partial charge in [0.15, 0.2) is 11.6 Å². The molecule has 42 heavy (non-hydrogen) atoms. The average Bonchev–Trinajstić information content (AvgIpc) is 3.56. The van der Waals surface area contributed by atoms with Crippen LogP contribution in [0.2, 0.25) is 0 Å². The molecule has 4 atom stereocenters. The number of carbonyl (C=O) groups excluding carboxylic acids is 3. The van der Waals surface area contributed by atoms with Crippen LogP contribution in [0.25, 0.3) is 0 Å². The van der Waals surface area contributed by atoms with Gasteiger partial charge in [-0.25, -0.2) is 8.78 Å². The SMILES string of the molecule is COc1cc(F)c(OC2CCC(C=O)CC2)cc1C(=O)NC1C2CC[C@@H](C2)C1C(=O)Nc1ccc(F)c(C(F)(F)F)c1. The van der Waals surface area contributed by atoms with E-state index in [9.17, 15) is 36.3 Å². The number of carbonyl (C=O) groups is 3. The van der Waals surface area contributed by atoms with E-state index in [4.69, 9.17) is 9.47 Å². The van der Waals surface area contributed by atoms with Gasteiger partial charge in [0, 0.05) is 23.7 Å². The molecule has 226 valence electrons. The number of halogens is 5. The molecule has 0 radical (unpaired) electrons. The highest BCUT2D eigenvalue weighted by atomic mass is 19.4. The minimum absolute atomic E-state index is 0.00534. The Labute approximate surface area is 239 Å². The third-order valence-electron chi connectivity index (χ3n) is 8.76. The predicted octanol–water partition coefficient (Wildman–Crippen LogP) is 5.91. The Hall–Kier alpha value is -3.70. The summed E-state index contributed by atoms with van der Waals surface area (Å²) in [6.07, 6.45) is 0.178. The fourth-order valence-corrected chi connectivity index (χ4v) is 6.65. The van der Waals surface area contributed by atoms with E-state index in [-0.39, 0.29) is 46.6 Å². The lowest BCUT2D eigenvalue weighted by atomic mass is 9.83. The topological polar surface area (TPSA) is 93.7 Å². The summed E-state index contributed by atoms with van der Waals surface area (Å²) in [6.45, 7) is 0. The van der Waals surface area contributed by atoms with E-state index in [1.807, 2.05) is 0 Å². The fraction of sp³-hybridized carbons (Fsp3) is 0.500. The first-order chi connectivity index (χ1) is 20.0. The Morgan fingerprint density at radius 1 is 0.929 bits per heavy atom. The molecule has 0 aromatic heterocycles. The van der Waals surface area contributed by atoms with E-state index in [2.05, 4.69) is 10.6 Å². The molecule has 0 spiro atoms. The van der Waals surface area contributed by atoms with Gasteiger partial charge in [-0.05, 0) is 81.0 Å². The van der Waals surface area contributed by atoms with Gasteiger partial charge in [-0.15, -0.1) is 0 Å². The summed E-state index contributed by atoms with van der Waals surface area (Å²) in [5.41, 5.74) is -1.69. The van der Waals surface area contributed by atoms with E-state index in [0.717, 1.165) is 31.3 Å². The zero-order valence-electron chi connectivity index (χ0n) is 22.8. The molecule has 7 nitrogen and oxygen atoms in total. The van der Waals surface area contributed by atoms with Crippen molar-refractivity contribution in [1.29, 1.82) is 0 Å². The van der Waals surface area contributed by atoms with Crippen LogP contribution in [0.1, 0.15) is 60.9 Å². The minimum Gasteiger partial charge on any atom is -0.496 e. The second-order valence-electron chi connectivity index (χ2n) is 11.3. The Morgan fingerprint density at radius 3 is 2.31 bits per heavy atom. The molecule has 3 saturated carbocycles. The number of methoxy groups -OCH3 is 1. The number of ether oxygens (including phenoxy) is 2. The zero-order chi connectivity index (χ0) is 30.2. The second kappa shape index (κ2) is 11.9. The first-order valence-electron chi connectivity index (χ1n) is 14.0. The van der Waals surface area contributed by atoms with Gasteiger partial charge in [0.1, 0.15) is 17.9 Å². The largest absolute Gasteiger partial charge is 0.496 e. The lowest BCUT2D eigenvalue weighted by Crippen LogP contribution is -2.48. The van der Waals surface area contributed by atoms with Crippen LogP contribution < -0.4 is 20.1 Å². The molecule has 0 aliphatic heterocycles. The second-order valence-corrected chi connectivity index (χ2v) is 11.3. The number of nitrogens with one attached hydrogen (secondary N) is 2. The van der Waals surface area contributed by atoms with Gasteiger partial charge in [-0.2, -0.15) is 13.2 Å². The van der Waals surface area contributed by atoms with Gasteiger partial charge >= 0.3 is 6.18 Å². The third kappa shape index (κ3) is 6.07. The number of alkyl halides is 3. The molecule has 5 rings (SSSR count). The summed E-state index contributed by atoms with van der Waals surface area (Å²) in [6, 6.07) is 3.93. The van der Waals surface area contributed by atoms with Crippen LogP contribution in [-0.4, -0.2) is 37.4 Å². The number of benzene rings is 2. The summed E-state index contributed by atoms with van der Waals surface area (Å²) >= 11 is 0. The number of fused-ring (bicyclic) bond motifs is 2. The van der Waals surface area contributed by atoms with E-state index < -0.39 is 47.1 Å². The highest BCUT2D eigenvalue weighted by Crippen LogP contribution is 2.49. The lowest BCUT2D eigenvalue weighted by molar-refractivity contribution is -0.140. The van der Waals surface area contributed by atoms with Gasteiger partial charge in [0.2, 0.25) is 5.91 Å². The van der Waals surface area contributed by atoms with Gasteiger partial charge in [-0.1, -0.05) is 0 Å². The van der Waals surface area contributed by atoms with Crippen molar-refractivity contribution in [2.45, 2.75) is 63.3 Å². The minimum atomic E-state index is -4.93. The average molecular weight is 595 g/mol. The molecular weight excluding hydrogens is 563 g/mol. The van der Waals surface area contributed by atoms with Crippen molar-refractivity contribution >= 4 is 23.8 Å². The predicted molar refractivity (Wildman–Crippen MR) is 141 cm³/mol. The normalized spacial score (nSPS) is 26.9. The quantitative estimate of drug-likeness (QED) is 0.293. The summed E-state index contributed by atoms with van der Waals surface area (Å²) in [5, 5.41) is 5.36.